The molecular weight excluding hydrogens is 649 g/mol. The number of ether oxygens (including phenoxy) is 3. The van der Waals surface area contributed by atoms with Gasteiger partial charge in [0.25, 0.3) is 17.8 Å². The fourth-order valence-corrected chi connectivity index (χ4v) is 8.31. The molecule has 2 saturated heterocycles. The van der Waals surface area contributed by atoms with Gasteiger partial charge in [-0.25, -0.2) is 14.7 Å². The van der Waals surface area contributed by atoms with Crippen molar-refractivity contribution < 1.29 is 38.3 Å². The van der Waals surface area contributed by atoms with Crippen LogP contribution in [0.1, 0.15) is 56.7 Å². The Morgan fingerprint density at radius 2 is 1.39 bits per heavy atom. The third-order valence-corrected chi connectivity index (χ3v) is 10.2. The van der Waals surface area contributed by atoms with Gasteiger partial charge in [0.1, 0.15) is 30.7 Å². The monoisotopic (exact) mass is 689 g/mol. The van der Waals surface area contributed by atoms with Gasteiger partial charge in [0, 0.05) is 36.4 Å². The Hall–Kier alpha value is -2.80. The number of hydrogen-bond acceptors (Lipinski definition) is 13. The molecule has 0 spiro atoms. The van der Waals surface area contributed by atoms with E-state index in [1.54, 1.807) is 0 Å². The molecule has 0 aromatic carbocycles. The lowest BCUT2D eigenvalue weighted by Gasteiger charge is -2.33. The van der Waals surface area contributed by atoms with Crippen molar-refractivity contribution in [2.75, 3.05) is 20.3 Å². The zero-order chi connectivity index (χ0) is 33.9. The van der Waals surface area contributed by atoms with Crippen LogP contribution >= 0.6 is 6.64 Å². The Labute approximate surface area is 268 Å². The van der Waals surface area contributed by atoms with Gasteiger partial charge in [-0.05, 0) is 38.0 Å². The summed E-state index contributed by atoms with van der Waals surface area (Å²) in [4.78, 5) is 66.2. The highest BCUT2D eigenvalue weighted by atomic mass is 32.5. The molecule has 19 heteroatoms. The van der Waals surface area contributed by atoms with E-state index in [0.29, 0.717) is 0 Å². The minimum absolute atomic E-state index is 0.00634. The number of carbonyl (C=O) groups is 1. The third-order valence-electron chi connectivity index (χ3n) is 7.69. The Kier molecular flexibility index (Phi) is 11.7. The molecule has 0 aliphatic carbocycles. The first-order valence-electron chi connectivity index (χ1n) is 14.7. The average Bonchev–Trinajstić information content (AvgIpc) is 3.58. The molecular formula is C27H40N5O12PS. The zero-order valence-corrected chi connectivity index (χ0v) is 27.7. The van der Waals surface area contributed by atoms with Crippen molar-refractivity contribution >= 4 is 24.4 Å². The SMILES string of the molecule is COC(=O)[C@H](CC(C)C)NP(=S)(O[C@H]1C[C@H](n2cc(C)c(=O)[nH]c2=O)O[C@@H]1CO)O[C@H]1C[C@H](n2cc(C)c(=O)[nH]c2=O)O[C@@H]1CO. The van der Waals surface area contributed by atoms with Crippen molar-refractivity contribution in [3.05, 3.63) is 65.2 Å². The Balaban J connectivity index is 1.66. The number of aryl methyl sites for hydroxylation is 2. The van der Waals surface area contributed by atoms with E-state index in [1.165, 1.54) is 42.5 Å². The Bertz CT molecular complexity index is 1580. The number of aliphatic hydroxyl groups excluding tert-OH is 2. The second-order valence-electron chi connectivity index (χ2n) is 11.7. The van der Waals surface area contributed by atoms with E-state index in [0.717, 1.165) is 0 Å². The normalized spacial score (nSPS) is 25.7. The van der Waals surface area contributed by atoms with Crippen LogP contribution in [0.25, 0.3) is 0 Å². The highest BCUT2D eigenvalue weighted by molar-refractivity contribution is 8.09. The van der Waals surface area contributed by atoms with Gasteiger partial charge in [-0.2, -0.15) is 0 Å². The number of aromatic nitrogens is 4. The summed E-state index contributed by atoms with van der Waals surface area (Å²) in [5, 5.41) is 23.4. The smallest absolute Gasteiger partial charge is 0.330 e. The molecule has 0 bridgehead atoms. The molecule has 0 unspecified atom stereocenters. The molecule has 46 heavy (non-hydrogen) atoms. The van der Waals surface area contributed by atoms with E-state index < -0.39 is 91.2 Å². The van der Waals surface area contributed by atoms with Gasteiger partial charge < -0.3 is 33.5 Å². The van der Waals surface area contributed by atoms with E-state index in [1.807, 2.05) is 13.8 Å². The van der Waals surface area contributed by atoms with Crippen LogP contribution in [0.5, 0.6) is 0 Å². The molecule has 2 fully saturated rings. The zero-order valence-electron chi connectivity index (χ0n) is 26.0. The molecule has 256 valence electrons. The maximum absolute atomic E-state index is 12.8. The summed E-state index contributed by atoms with van der Waals surface area (Å²) in [5.74, 6) is -0.612. The second kappa shape index (κ2) is 15.0. The van der Waals surface area contributed by atoms with E-state index in [4.69, 9.17) is 35.1 Å². The minimum Gasteiger partial charge on any atom is -0.468 e. The highest BCUT2D eigenvalue weighted by Crippen LogP contribution is 2.53. The van der Waals surface area contributed by atoms with Crippen molar-refractivity contribution in [3.8, 4) is 0 Å². The summed E-state index contributed by atoms with van der Waals surface area (Å²) >= 11 is 5.95. The van der Waals surface area contributed by atoms with Crippen LogP contribution in [0.15, 0.2) is 31.6 Å². The molecule has 7 atom stereocenters. The predicted molar refractivity (Wildman–Crippen MR) is 166 cm³/mol. The first-order valence-corrected chi connectivity index (χ1v) is 17.3. The van der Waals surface area contributed by atoms with Crippen molar-refractivity contribution in [1.82, 2.24) is 24.2 Å². The average molecular weight is 690 g/mol. The largest absolute Gasteiger partial charge is 0.468 e. The van der Waals surface area contributed by atoms with Crippen molar-refractivity contribution in [2.24, 2.45) is 5.92 Å². The summed E-state index contributed by atoms with van der Waals surface area (Å²) in [6.07, 6.45) is -2.79. The lowest BCUT2D eigenvalue weighted by atomic mass is 10.1. The molecule has 17 nitrogen and oxygen atoms in total. The molecule has 4 heterocycles. The maximum Gasteiger partial charge on any atom is 0.330 e. The van der Waals surface area contributed by atoms with Crippen LogP contribution < -0.4 is 27.6 Å². The summed E-state index contributed by atoms with van der Waals surface area (Å²) in [5.41, 5.74) is -2.01. The lowest BCUT2D eigenvalue weighted by molar-refractivity contribution is -0.143. The number of rotatable bonds is 13. The summed E-state index contributed by atoms with van der Waals surface area (Å²) < 4.78 is 31.9. The van der Waals surface area contributed by atoms with Gasteiger partial charge in [-0.15, -0.1) is 0 Å². The second-order valence-corrected chi connectivity index (χ2v) is 14.8. The maximum atomic E-state index is 12.8. The van der Waals surface area contributed by atoms with Gasteiger partial charge in [0.15, 0.2) is 0 Å². The molecule has 4 rings (SSSR count). The van der Waals surface area contributed by atoms with E-state index >= 15 is 0 Å². The van der Waals surface area contributed by atoms with Crippen molar-refractivity contribution in [3.63, 3.8) is 0 Å². The van der Waals surface area contributed by atoms with Crippen molar-refractivity contribution in [1.29, 1.82) is 0 Å². The number of nitrogens with zero attached hydrogens (tertiary/aromatic N) is 2. The predicted octanol–water partition coefficient (Wildman–Crippen LogP) is -0.565. The van der Waals surface area contributed by atoms with Crippen molar-refractivity contribution in [2.45, 2.75) is 89.9 Å². The first kappa shape index (κ1) is 36.0. The highest BCUT2D eigenvalue weighted by Gasteiger charge is 2.46. The standard InChI is InChI=1S/C27H40N5O12PS/c1-13(2)6-16(25(37)40-5)30-45(46,43-17-7-21(41-19(17)11-33)31-9-14(3)23(35)28-26(31)38)44-18-8-22(42-20(18)12-34)32-10-15(4)24(36)29-27(32)39/h9-10,13,16-22,33-34H,6-8,11-12H2,1-5H3,(H,30,46)(H,28,35,38)(H,29,36,39)/t16-,17-,18-,19+,20+,21+,22+/m0/s1. The van der Waals surface area contributed by atoms with Crippen LogP contribution in [0.4, 0.5) is 0 Å². The van der Waals surface area contributed by atoms with E-state index in [2.05, 4.69) is 15.1 Å². The van der Waals surface area contributed by atoms with E-state index in [-0.39, 0.29) is 36.3 Å². The molecule has 2 aliphatic heterocycles. The number of esters is 1. The third kappa shape index (κ3) is 8.18. The number of H-pyrrole nitrogens is 2. The van der Waals surface area contributed by atoms with Gasteiger partial charge >= 0.3 is 17.3 Å². The van der Waals surface area contributed by atoms with Gasteiger partial charge in [-0.3, -0.25) is 33.5 Å². The fourth-order valence-electron chi connectivity index (χ4n) is 5.34. The molecule has 2 aromatic heterocycles. The number of aliphatic hydroxyl groups is 2. The fraction of sp³-hybridized carbons (Fsp3) is 0.667. The summed E-state index contributed by atoms with van der Waals surface area (Å²) in [7, 11) is 1.23. The van der Waals surface area contributed by atoms with Gasteiger partial charge in [0.2, 0.25) is 0 Å². The number of carbonyl (C=O) groups excluding carboxylic acids is 1. The quantitative estimate of drug-likeness (QED) is 0.131. The van der Waals surface area contributed by atoms with Crippen LogP contribution in [-0.4, -0.2) is 86.1 Å². The molecule has 0 saturated carbocycles. The Morgan fingerprint density at radius 3 is 1.76 bits per heavy atom. The van der Waals surface area contributed by atoms with Gasteiger partial charge in [-0.1, -0.05) is 13.8 Å². The molecule has 2 aliphatic rings. The topological polar surface area (TPSA) is 225 Å². The number of aromatic amines is 2. The number of methoxy groups -OCH3 is 1. The number of nitrogens with one attached hydrogen (secondary N) is 3. The van der Waals surface area contributed by atoms with Crippen LogP contribution in [-0.2, 0) is 39.9 Å². The van der Waals surface area contributed by atoms with Gasteiger partial charge in [0.05, 0.1) is 32.5 Å². The van der Waals surface area contributed by atoms with Crippen LogP contribution in [0.2, 0.25) is 0 Å². The lowest BCUT2D eigenvalue weighted by Crippen LogP contribution is -2.41. The molecule has 2 aromatic rings. The first-order chi connectivity index (χ1) is 21.7. The van der Waals surface area contributed by atoms with Crippen LogP contribution in [0, 0.1) is 19.8 Å². The Morgan fingerprint density at radius 1 is 0.957 bits per heavy atom. The molecule has 0 radical (unpaired) electrons. The van der Waals surface area contributed by atoms with Crippen LogP contribution in [0.3, 0.4) is 0 Å². The molecule has 5 N–H and O–H groups in total. The minimum atomic E-state index is -3.78. The van der Waals surface area contributed by atoms with E-state index in [9.17, 15) is 34.2 Å². The summed E-state index contributed by atoms with van der Waals surface area (Å²) in [6, 6.07) is -0.971. The molecule has 0 amide bonds. The number of hydrogen-bond donors (Lipinski definition) is 5. The summed E-state index contributed by atoms with van der Waals surface area (Å²) in [6.45, 7) is 2.00.